The molecule has 0 amide bonds. The molecule has 0 aromatic carbocycles. The second-order valence-electron chi connectivity index (χ2n) is 5.97. The fraction of sp³-hybridized carbons (Fsp3) is 0.444. The fourth-order valence-electron chi connectivity index (χ4n) is 2.21. The first kappa shape index (κ1) is 21.9. The van der Waals surface area contributed by atoms with Crippen molar-refractivity contribution in [1.82, 2.24) is 15.6 Å². The summed E-state index contributed by atoms with van der Waals surface area (Å²) in [6, 6.07) is 6.05. The van der Waals surface area contributed by atoms with E-state index in [-0.39, 0.29) is 24.0 Å². The molecule has 3 N–H and O–H groups in total. The van der Waals surface area contributed by atoms with E-state index in [1.165, 1.54) is 5.56 Å². The summed E-state index contributed by atoms with van der Waals surface area (Å²) in [6.45, 7) is 7.65. The Morgan fingerprint density at radius 3 is 2.72 bits per heavy atom. The van der Waals surface area contributed by atoms with Gasteiger partial charge in [-0.15, -0.1) is 24.0 Å². The quantitative estimate of drug-likeness (QED) is 0.328. The molecule has 0 bridgehead atoms. The number of hydrogen-bond acceptors (Lipinski definition) is 4. The number of halogens is 1. The maximum atomic E-state index is 10.6. The molecule has 1 atom stereocenters. The molecule has 1 unspecified atom stereocenters. The average molecular weight is 474 g/mol. The molecule has 25 heavy (non-hydrogen) atoms. The minimum absolute atomic E-state index is 0. The summed E-state index contributed by atoms with van der Waals surface area (Å²) < 4.78 is 0. The lowest BCUT2D eigenvalue weighted by Gasteiger charge is -2.21. The molecule has 7 heteroatoms. The molecule has 0 saturated carbocycles. The van der Waals surface area contributed by atoms with Crippen LogP contribution >= 0.6 is 35.3 Å². The molecule has 0 spiro atoms. The molecule has 5 nitrogen and oxygen atoms in total. The molecular formula is C18H27IN4OS. The van der Waals surface area contributed by atoms with Gasteiger partial charge in [0.1, 0.15) is 5.60 Å². The highest BCUT2D eigenvalue weighted by atomic mass is 127. The number of nitrogens with one attached hydrogen (secondary N) is 2. The summed E-state index contributed by atoms with van der Waals surface area (Å²) in [6.07, 6.45) is 2.78. The first-order valence-electron chi connectivity index (χ1n) is 8.20. The van der Waals surface area contributed by atoms with E-state index in [4.69, 9.17) is 0 Å². The van der Waals surface area contributed by atoms with E-state index in [0.29, 0.717) is 12.5 Å². The second kappa shape index (κ2) is 10.7. The molecule has 0 aliphatic rings. The highest BCUT2D eigenvalue weighted by molar-refractivity contribution is 14.0. The normalized spacial score (nSPS) is 13.7. The fourth-order valence-corrected chi connectivity index (χ4v) is 2.99. The molecule has 138 valence electrons. The van der Waals surface area contributed by atoms with Gasteiger partial charge in [-0.3, -0.25) is 4.98 Å². The van der Waals surface area contributed by atoms with Gasteiger partial charge in [0.15, 0.2) is 5.96 Å². The van der Waals surface area contributed by atoms with E-state index >= 15 is 0 Å². The first-order valence-corrected chi connectivity index (χ1v) is 9.14. The number of rotatable bonds is 7. The summed E-state index contributed by atoms with van der Waals surface area (Å²) in [5.74, 6) is 0.716. The van der Waals surface area contributed by atoms with Crippen LogP contribution in [0.4, 0.5) is 0 Å². The molecule has 0 radical (unpaired) electrons. The van der Waals surface area contributed by atoms with Gasteiger partial charge in [-0.1, -0.05) is 6.07 Å². The largest absolute Gasteiger partial charge is 0.383 e. The van der Waals surface area contributed by atoms with Gasteiger partial charge in [-0.05, 0) is 61.2 Å². The summed E-state index contributed by atoms with van der Waals surface area (Å²) in [4.78, 5) is 8.82. The second-order valence-corrected chi connectivity index (χ2v) is 6.75. The van der Waals surface area contributed by atoms with Crippen LogP contribution in [-0.2, 0) is 12.0 Å². The third-order valence-corrected chi connectivity index (χ3v) is 4.39. The van der Waals surface area contributed by atoms with Crippen LogP contribution in [0.25, 0.3) is 0 Å². The molecule has 0 aliphatic carbocycles. The van der Waals surface area contributed by atoms with Crippen LogP contribution in [0, 0.1) is 6.92 Å². The Bertz CT molecular complexity index is 642. The lowest BCUT2D eigenvalue weighted by atomic mass is 10.00. The van der Waals surface area contributed by atoms with Crippen molar-refractivity contribution in [3.8, 4) is 0 Å². The maximum Gasteiger partial charge on any atom is 0.191 e. The Hall–Kier alpha value is -1.19. The van der Waals surface area contributed by atoms with Crippen LogP contribution in [0.5, 0.6) is 0 Å². The standard InChI is InChI=1S/C18H26N4OS.HI/c1-4-19-17(20-9-7-15-6-5-14(2)21-11-15)22-13-18(3,23)16-8-10-24-12-16;/h5-6,8,10-12,23H,4,7,9,13H2,1-3H3,(H2,19,20,22);1H. The van der Waals surface area contributed by atoms with Gasteiger partial charge in [0.05, 0.1) is 6.54 Å². The predicted molar refractivity (Wildman–Crippen MR) is 116 cm³/mol. The van der Waals surface area contributed by atoms with Gasteiger partial charge in [0.25, 0.3) is 0 Å². The number of pyridine rings is 1. The Morgan fingerprint density at radius 2 is 2.12 bits per heavy atom. The lowest BCUT2D eigenvalue weighted by molar-refractivity contribution is 0.0677. The van der Waals surface area contributed by atoms with Crippen molar-refractivity contribution in [2.24, 2.45) is 4.99 Å². The summed E-state index contributed by atoms with van der Waals surface area (Å²) >= 11 is 1.58. The van der Waals surface area contributed by atoms with Gasteiger partial charge in [0.2, 0.25) is 0 Å². The summed E-state index contributed by atoms with van der Waals surface area (Å²) in [7, 11) is 0. The number of nitrogens with zero attached hydrogens (tertiary/aromatic N) is 2. The van der Waals surface area contributed by atoms with Gasteiger partial charge >= 0.3 is 0 Å². The Labute approximate surface area is 171 Å². The van der Waals surface area contributed by atoms with E-state index in [1.54, 1.807) is 18.3 Å². The van der Waals surface area contributed by atoms with Crippen molar-refractivity contribution in [2.45, 2.75) is 32.8 Å². The Morgan fingerprint density at radius 1 is 1.32 bits per heavy atom. The van der Waals surface area contributed by atoms with Gasteiger partial charge in [-0.25, -0.2) is 4.99 Å². The monoisotopic (exact) mass is 474 g/mol. The van der Waals surface area contributed by atoms with Crippen molar-refractivity contribution in [3.05, 3.63) is 52.0 Å². The first-order chi connectivity index (χ1) is 11.5. The van der Waals surface area contributed by atoms with E-state index in [1.807, 2.05) is 42.9 Å². The van der Waals surface area contributed by atoms with Crippen LogP contribution in [0.3, 0.4) is 0 Å². The number of aromatic nitrogens is 1. The molecule has 2 rings (SSSR count). The molecule has 2 heterocycles. The number of aryl methyl sites for hydroxylation is 1. The van der Waals surface area contributed by atoms with Gasteiger partial charge in [-0.2, -0.15) is 11.3 Å². The number of aliphatic imine (C=N–C) groups is 1. The Kier molecular flexibility index (Phi) is 9.37. The molecule has 2 aromatic heterocycles. The Balaban J connectivity index is 0.00000312. The highest BCUT2D eigenvalue weighted by Crippen LogP contribution is 2.23. The third-order valence-electron chi connectivity index (χ3n) is 3.71. The number of aliphatic hydroxyl groups is 1. The van der Waals surface area contributed by atoms with Crippen molar-refractivity contribution < 1.29 is 5.11 Å². The molecule has 0 aliphatic heterocycles. The maximum absolute atomic E-state index is 10.6. The van der Waals surface area contributed by atoms with Crippen molar-refractivity contribution in [1.29, 1.82) is 0 Å². The zero-order chi connectivity index (χ0) is 17.4. The van der Waals surface area contributed by atoms with Crippen LogP contribution in [-0.4, -0.2) is 35.7 Å². The molecule has 2 aromatic rings. The third kappa shape index (κ3) is 7.29. The van der Waals surface area contributed by atoms with Crippen LogP contribution in [0.15, 0.2) is 40.1 Å². The smallest absolute Gasteiger partial charge is 0.191 e. The van der Waals surface area contributed by atoms with Crippen LogP contribution < -0.4 is 10.6 Å². The number of thiophene rings is 1. The van der Waals surface area contributed by atoms with E-state index in [9.17, 15) is 5.11 Å². The lowest BCUT2D eigenvalue weighted by Crippen LogP contribution is -2.39. The predicted octanol–water partition coefficient (Wildman–Crippen LogP) is 3.07. The molecular weight excluding hydrogens is 447 g/mol. The minimum atomic E-state index is -0.955. The van der Waals surface area contributed by atoms with E-state index < -0.39 is 5.60 Å². The van der Waals surface area contributed by atoms with Crippen LogP contribution in [0.1, 0.15) is 30.7 Å². The van der Waals surface area contributed by atoms with Gasteiger partial charge in [0, 0.05) is 25.0 Å². The van der Waals surface area contributed by atoms with Crippen molar-refractivity contribution >= 4 is 41.3 Å². The van der Waals surface area contributed by atoms with Gasteiger partial charge < -0.3 is 15.7 Å². The summed E-state index contributed by atoms with van der Waals surface area (Å²) in [5, 5.41) is 21.0. The van der Waals surface area contributed by atoms with E-state index in [0.717, 1.165) is 30.8 Å². The summed E-state index contributed by atoms with van der Waals surface area (Å²) in [5.41, 5.74) is 2.16. The van der Waals surface area contributed by atoms with Crippen LogP contribution in [0.2, 0.25) is 0 Å². The van der Waals surface area contributed by atoms with E-state index in [2.05, 4.69) is 26.7 Å². The minimum Gasteiger partial charge on any atom is -0.383 e. The highest BCUT2D eigenvalue weighted by Gasteiger charge is 2.23. The number of guanidine groups is 1. The zero-order valence-corrected chi connectivity index (χ0v) is 18.1. The average Bonchev–Trinajstić information content (AvgIpc) is 3.10. The SMILES string of the molecule is CCNC(=NCC(C)(O)c1ccsc1)NCCc1ccc(C)nc1.I. The topological polar surface area (TPSA) is 69.5 Å². The van der Waals surface area contributed by atoms with Crippen molar-refractivity contribution in [2.75, 3.05) is 19.6 Å². The zero-order valence-electron chi connectivity index (χ0n) is 15.0. The molecule has 0 fully saturated rings. The molecule has 0 saturated heterocycles. The number of hydrogen-bond donors (Lipinski definition) is 3. The van der Waals surface area contributed by atoms with Crippen molar-refractivity contribution in [3.63, 3.8) is 0 Å².